The molecule has 1 aromatic heterocycles. The summed E-state index contributed by atoms with van der Waals surface area (Å²) in [6, 6.07) is 13.3. The van der Waals surface area contributed by atoms with Gasteiger partial charge >= 0.3 is 0 Å². The standard InChI is InChI=1S/C22H21N3O3/c1-14-3-5-19(15(2)9-14)25-22(26)16-10-18(13-23-12-16)24-17-4-6-20-21(11-17)28-8-7-27-20/h3-6,9-13,24H,7-8H2,1-2H3,(H,25,26). The Morgan fingerprint density at radius 2 is 1.75 bits per heavy atom. The predicted octanol–water partition coefficient (Wildman–Crippen LogP) is 4.47. The van der Waals surface area contributed by atoms with Crippen molar-refractivity contribution in [2.45, 2.75) is 13.8 Å². The summed E-state index contributed by atoms with van der Waals surface area (Å²) in [4.78, 5) is 16.8. The predicted molar refractivity (Wildman–Crippen MR) is 109 cm³/mol. The molecule has 3 aromatic rings. The number of carbonyl (C=O) groups is 1. The molecule has 4 rings (SSSR count). The van der Waals surface area contributed by atoms with Crippen LogP contribution in [0.15, 0.2) is 54.9 Å². The fourth-order valence-corrected chi connectivity index (χ4v) is 3.07. The molecule has 0 saturated carbocycles. The van der Waals surface area contributed by atoms with E-state index in [-0.39, 0.29) is 5.91 Å². The average molecular weight is 375 g/mol. The molecule has 0 radical (unpaired) electrons. The van der Waals surface area contributed by atoms with Crippen LogP contribution in [-0.4, -0.2) is 24.1 Å². The van der Waals surface area contributed by atoms with Crippen molar-refractivity contribution < 1.29 is 14.3 Å². The van der Waals surface area contributed by atoms with Crippen molar-refractivity contribution in [1.82, 2.24) is 4.98 Å². The fraction of sp³-hybridized carbons (Fsp3) is 0.182. The quantitative estimate of drug-likeness (QED) is 0.704. The number of ether oxygens (including phenoxy) is 2. The first-order valence-electron chi connectivity index (χ1n) is 9.09. The van der Waals surface area contributed by atoms with Crippen LogP contribution in [0, 0.1) is 13.8 Å². The summed E-state index contributed by atoms with van der Waals surface area (Å²) in [5.41, 5.74) is 4.99. The summed E-state index contributed by atoms with van der Waals surface area (Å²) in [5.74, 6) is 1.23. The molecule has 1 aliphatic rings. The molecule has 0 aliphatic carbocycles. The first-order valence-corrected chi connectivity index (χ1v) is 9.09. The number of rotatable bonds is 4. The van der Waals surface area contributed by atoms with Crippen LogP contribution in [0.25, 0.3) is 0 Å². The minimum Gasteiger partial charge on any atom is -0.486 e. The van der Waals surface area contributed by atoms with E-state index in [0.29, 0.717) is 30.2 Å². The van der Waals surface area contributed by atoms with Crippen molar-refractivity contribution in [2.75, 3.05) is 23.8 Å². The van der Waals surface area contributed by atoms with Crippen molar-refractivity contribution in [2.24, 2.45) is 0 Å². The number of fused-ring (bicyclic) bond motifs is 1. The van der Waals surface area contributed by atoms with Gasteiger partial charge in [-0.15, -0.1) is 0 Å². The fourth-order valence-electron chi connectivity index (χ4n) is 3.07. The molecule has 6 heteroatoms. The highest BCUT2D eigenvalue weighted by Gasteiger charge is 2.13. The van der Waals surface area contributed by atoms with Gasteiger partial charge in [0.15, 0.2) is 11.5 Å². The Morgan fingerprint density at radius 1 is 0.929 bits per heavy atom. The topological polar surface area (TPSA) is 72.5 Å². The lowest BCUT2D eigenvalue weighted by molar-refractivity contribution is 0.102. The monoisotopic (exact) mass is 375 g/mol. The molecule has 0 spiro atoms. The highest BCUT2D eigenvalue weighted by Crippen LogP contribution is 2.33. The number of pyridine rings is 1. The van der Waals surface area contributed by atoms with Crippen molar-refractivity contribution in [3.63, 3.8) is 0 Å². The van der Waals surface area contributed by atoms with Crippen molar-refractivity contribution in [3.05, 3.63) is 71.5 Å². The van der Waals surface area contributed by atoms with Gasteiger partial charge in [0.05, 0.1) is 17.4 Å². The van der Waals surface area contributed by atoms with Crippen LogP contribution in [0.2, 0.25) is 0 Å². The number of benzene rings is 2. The van der Waals surface area contributed by atoms with Crippen LogP contribution in [-0.2, 0) is 0 Å². The number of aryl methyl sites for hydroxylation is 2. The summed E-state index contributed by atoms with van der Waals surface area (Å²) >= 11 is 0. The van der Waals surface area contributed by atoms with Gasteiger partial charge in [0.25, 0.3) is 5.91 Å². The summed E-state index contributed by atoms with van der Waals surface area (Å²) in [6.07, 6.45) is 3.22. The van der Waals surface area contributed by atoms with Crippen LogP contribution in [0.4, 0.5) is 17.1 Å². The smallest absolute Gasteiger partial charge is 0.257 e. The van der Waals surface area contributed by atoms with E-state index in [1.54, 1.807) is 18.5 Å². The molecule has 0 fully saturated rings. The second-order valence-electron chi connectivity index (χ2n) is 6.72. The molecule has 142 valence electrons. The molecule has 0 atom stereocenters. The Hall–Kier alpha value is -3.54. The van der Waals surface area contributed by atoms with Gasteiger partial charge in [0.2, 0.25) is 0 Å². The van der Waals surface area contributed by atoms with E-state index in [2.05, 4.69) is 15.6 Å². The normalized spacial score (nSPS) is 12.4. The van der Waals surface area contributed by atoms with E-state index in [0.717, 1.165) is 28.3 Å². The zero-order chi connectivity index (χ0) is 19.5. The molecule has 2 heterocycles. The molecule has 2 aromatic carbocycles. The van der Waals surface area contributed by atoms with Crippen LogP contribution in [0.3, 0.4) is 0 Å². The van der Waals surface area contributed by atoms with Gasteiger partial charge in [0, 0.05) is 23.6 Å². The molecule has 0 bridgehead atoms. The molecule has 0 unspecified atom stereocenters. The van der Waals surface area contributed by atoms with Gasteiger partial charge in [-0.2, -0.15) is 0 Å². The number of hydrogen-bond acceptors (Lipinski definition) is 5. The second-order valence-corrected chi connectivity index (χ2v) is 6.72. The molecule has 28 heavy (non-hydrogen) atoms. The molecular formula is C22H21N3O3. The van der Waals surface area contributed by atoms with E-state index in [4.69, 9.17) is 9.47 Å². The minimum absolute atomic E-state index is 0.203. The zero-order valence-electron chi connectivity index (χ0n) is 15.8. The number of nitrogens with zero attached hydrogens (tertiary/aromatic N) is 1. The summed E-state index contributed by atoms with van der Waals surface area (Å²) in [5, 5.41) is 6.20. The maximum absolute atomic E-state index is 12.6. The largest absolute Gasteiger partial charge is 0.486 e. The van der Waals surface area contributed by atoms with E-state index in [1.807, 2.05) is 50.2 Å². The molecule has 1 aliphatic heterocycles. The molecule has 0 saturated heterocycles. The molecule has 1 amide bonds. The number of nitrogens with one attached hydrogen (secondary N) is 2. The summed E-state index contributed by atoms with van der Waals surface area (Å²) in [7, 11) is 0. The van der Waals surface area contributed by atoms with Gasteiger partial charge < -0.3 is 20.1 Å². The van der Waals surface area contributed by atoms with Gasteiger partial charge in [0.1, 0.15) is 13.2 Å². The third kappa shape index (κ3) is 3.91. The van der Waals surface area contributed by atoms with E-state index >= 15 is 0 Å². The first kappa shape index (κ1) is 17.9. The maximum Gasteiger partial charge on any atom is 0.257 e. The zero-order valence-corrected chi connectivity index (χ0v) is 15.8. The SMILES string of the molecule is Cc1ccc(NC(=O)c2cncc(Nc3ccc4c(c3)OCCO4)c2)c(C)c1. The number of anilines is 3. The third-order valence-electron chi connectivity index (χ3n) is 4.46. The van der Waals surface area contributed by atoms with Crippen LogP contribution in [0.5, 0.6) is 11.5 Å². The average Bonchev–Trinajstić information content (AvgIpc) is 2.70. The molecular weight excluding hydrogens is 354 g/mol. The van der Waals surface area contributed by atoms with E-state index in [1.165, 1.54) is 0 Å². The first-order chi connectivity index (χ1) is 13.6. The lowest BCUT2D eigenvalue weighted by atomic mass is 10.1. The highest BCUT2D eigenvalue weighted by atomic mass is 16.6. The lowest BCUT2D eigenvalue weighted by Gasteiger charge is -2.19. The number of carbonyl (C=O) groups excluding carboxylic acids is 1. The Kier molecular flexibility index (Phi) is 4.85. The molecule has 2 N–H and O–H groups in total. The second kappa shape index (κ2) is 7.60. The van der Waals surface area contributed by atoms with E-state index < -0.39 is 0 Å². The van der Waals surface area contributed by atoms with Crippen molar-refractivity contribution in [1.29, 1.82) is 0 Å². The minimum atomic E-state index is -0.203. The van der Waals surface area contributed by atoms with Crippen LogP contribution in [0.1, 0.15) is 21.5 Å². The Balaban J connectivity index is 1.50. The number of aromatic nitrogens is 1. The van der Waals surface area contributed by atoms with Crippen molar-refractivity contribution >= 4 is 23.0 Å². The maximum atomic E-state index is 12.6. The van der Waals surface area contributed by atoms with Gasteiger partial charge in [-0.05, 0) is 43.7 Å². The Labute approximate surface area is 163 Å². The van der Waals surface area contributed by atoms with Crippen molar-refractivity contribution in [3.8, 4) is 11.5 Å². The van der Waals surface area contributed by atoms with Crippen LogP contribution >= 0.6 is 0 Å². The van der Waals surface area contributed by atoms with Gasteiger partial charge in [-0.3, -0.25) is 9.78 Å². The molecule has 6 nitrogen and oxygen atoms in total. The number of amides is 1. The summed E-state index contributed by atoms with van der Waals surface area (Å²) in [6.45, 7) is 5.09. The van der Waals surface area contributed by atoms with Gasteiger partial charge in [-0.25, -0.2) is 0 Å². The number of hydrogen-bond donors (Lipinski definition) is 2. The highest BCUT2D eigenvalue weighted by molar-refractivity contribution is 6.05. The Morgan fingerprint density at radius 3 is 2.57 bits per heavy atom. The Bertz CT molecular complexity index is 1030. The van der Waals surface area contributed by atoms with Gasteiger partial charge in [-0.1, -0.05) is 17.7 Å². The third-order valence-corrected chi connectivity index (χ3v) is 4.46. The van der Waals surface area contributed by atoms with Crippen LogP contribution < -0.4 is 20.1 Å². The summed E-state index contributed by atoms with van der Waals surface area (Å²) < 4.78 is 11.1. The van der Waals surface area contributed by atoms with E-state index in [9.17, 15) is 4.79 Å². The lowest BCUT2D eigenvalue weighted by Crippen LogP contribution is -2.15.